The molecule has 0 atom stereocenters. The molecule has 0 aliphatic heterocycles. The largest absolute Gasteiger partial charge is 0.292 e. The topological polar surface area (TPSA) is 43.4 Å². The van der Waals surface area contributed by atoms with E-state index in [1.807, 2.05) is 109 Å². The third kappa shape index (κ3) is 8.74. The molecule has 0 aromatic heterocycles. The second-order valence-electron chi connectivity index (χ2n) is 13.6. The zero-order valence-electron chi connectivity index (χ0n) is 29.4. The molecule has 52 heavy (non-hydrogen) atoms. The van der Waals surface area contributed by atoms with Crippen LogP contribution in [0.1, 0.15) is 0 Å². The van der Waals surface area contributed by atoms with Crippen LogP contribution in [0, 0.1) is 5.41 Å². The van der Waals surface area contributed by atoms with Crippen LogP contribution in [0.3, 0.4) is 0 Å². The fourth-order valence-corrected chi connectivity index (χ4v) is 18.6. The van der Waals surface area contributed by atoms with Gasteiger partial charge in [0, 0.05) is 50.3 Å². The van der Waals surface area contributed by atoms with Crippen molar-refractivity contribution in [3.05, 3.63) is 182 Å². The maximum Gasteiger partial charge on any atom is 0.264 e. The average molecular weight is 751 g/mol. The molecule has 10 heteroatoms. The molecule has 3 nitrogen and oxygen atoms in total. The highest BCUT2D eigenvalue weighted by Crippen LogP contribution is 2.66. The minimum atomic E-state index is -3.90. The van der Waals surface area contributed by atoms with E-state index in [9.17, 15) is 8.42 Å². The van der Waals surface area contributed by atoms with E-state index in [1.54, 1.807) is 0 Å². The van der Waals surface area contributed by atoms with E-state index in [0.29, 0.717) is 18.5 Å². The molecule has 0 aliphatic carbocycles. The molecule has 0 unspecified atom stereocenters. The molecule has 6 aromatic rings. The van der Waals surface area contributed by atoms with Gasteiger partial charge in [0.05, 0.1) is 18.3 Å². The van der Waals surface area contributed by atoms with Gasteiger partial charge in [0.25, 0.3) is 10.1 Å². The molecule has 6 aromatic carbocycles. The second kappa shape index (κ2) is 16.4. The smallest absolute Gasteiger partial charge is 0.264 e. The maximum atomic E-state index is 13.1. The van der Waals surface area contributed by atoms with Crippen LogP contribution in [0.4, 0.5) is 0 Å². The summed E-state index contributed by atoms with van der Waals surface area (Å²) in [4.78, 5) is 0. The van der Waals surface area contributed by atoms with Crippen molar-refractivity contribution in [2.24, 2.45) is 5.41 Å². The van der Waals surface area contributed by atoms with Crippen molar-refractivity contribution in [3.8, 4) is 0 Å². The molecular formula is C42H41B3O3P3S. The van der Waals surface area contributed by atoms with Crippen molar-refractivity contribution in [2.75, 3.05) is 31.3 Å². The second-order valence-corrected chi connectivity index (χ2v) is 24.5. The molecular weight excluding hydrogens is 710 g/mol. The summed E-state index contributed by atoms with van der Waals surface area (Å²) in [5.74, 6) is 0. The molecule has 257 valence electrons. The number of hydrogen-bond donors (Lipinski definition) is 0. The molecule has 0 spiro atoms. The third-order valence-electron chi connectivity index (χ3n) is 9.64. The van der Waals surface area contributed by atoms with Gasteiger partial charge in [-0.05, 0) is 72.8 Å². The average Bonchev–Trinajstić information content (AvgIpc) is 3.19. The number of hydrogen-bond acceptors (Lipinski definition) is 3. The maximum absolute atomic E-state index is 13.1. The van der Waals surface area contributed by atoms with Gasteiger partial charge < -0.3 is 0 Å². The van der Waals surface area contributed by atoms with E-state index >= 15 is 0 Å². The van der Waals surface area contributed by atoms with Crippen molar-refractivity contribution in [3.63, 3.8) is 0 Å². The SMILES string of the molecule is [B-][P+](CC(COS(C)(=O)=O)(C[P+]([B-])(c1ccccc1)c1ccccc1)C[P+]([B-])(c1ccccc1)c1ccccc1)(c1ccccc1)c1ccccc1. The monoisotopic (exact) mass is 751 g/mol. The van der Waals surface area contributed by atoms with Crippen molar-refractivity contribution in [2.45, 2.75) is 0 Å². The van der Waals surface area contributed by atoms with Gasteiger partial charge in [-0.2, -0.15) is 29.8 Å². The summed E-state index contributed by atoms with van der Waals surface area (Å²) in [5, 5.41) is 6.03. The van der Waals surface area contributed by atoms with Crippen molar-refractivity contribution >= 4 is 86.1 Å². The van der Waals surface area contributed by atoms with Gasteiger partial charge >= 0.3 is 0 Å². The van der Waals surface area contributed by atoms with Gasteiger partial charge in [-0.25, -0.2) is 0 Å². The lowest BCUT2D eigenvalue weighted by molar-refractivity contribution is 0.215. The molecule has 0 saturated carbocycles. The molecule has 0 fully saturated rings. The summed E-state index contributed by atoms with van der Waals surface area (Å²) in [6.45, 7) is -0.137. The van der Waals surface area contributed by atoms with Crippen LogP contribution in [0.2, 0.25) is 0 Å². The van der Waals surface area contributed by atoms with Crippen LogP contribution in [0.25, 0.3) is 0 Å². The first-order valence-corrected chi connectivity index (χ1v) is 25.1. The zero-order valence-corrected chi connectivity index (χ0v) is 32.9. The quantitative estimate of drug-likeness (QED) is 0.0714. The Morgan fingerprint density at radius 2 is 0.615 bits per heavy atom. The van der Waals surface area contributed by atoms with Gasteiger partial charge in [0.1, 0.15) is 0 Å². The molecule has 9 radical (unpaired) electrons. The zero-order chi connectivity index (χ0) is 36.7. The van der Waals surface area contributed by atoms with Crippen LogP contribution < -0.4 is 31.8 Å². The summed E-state index contributed by atoms with van der Waals surface area (Å²) in [5.41, 5.74) is -0.945. The fraction of sp³-hybridized carbons (Fsp3) is 0.143. The number of rotatable bonds is 15. The van der Waals surface area contributed by atoms with Crippen LogP contribution in [-0.4, -0.2) is 62.5 Å². The van der Waals surface area contributed by atoms with Crippen LogP contribution in [-0.2, 0) is 14.3 Å². The summed E-state index contributed by atoms with van der Waals surface area (Å²) >= 11 is 0. The summed E-state index contributed by atoms with van der Waals surface area (Å²) < 4.78 is 32.2. The summed E-state index contributed by atoms with van der Waals surface area (Å²) in [7, 11) is 11.5. The minimum Gasteiger partial charge on any atom is -0.292 e. The fourth-order valence-electron chi connectivity index (χ4n) is 7.27. The highest BCUT2D eigenvalue weighted by atomic mass is 32.2. The van der Waals surface area contributed by atoms with Crippen LogP contribution >= 0.6 is 21.4 Å². The molecule has 6 rings (SSSR count). The van der Waals surface area contributed by atoms with E-state index in [1.165, 1.54) is 0 Å². The lowest BCUT2D eigenvalue weighted by atomic mass is 9.97. The highest BCUT2D eigenvalue weighted by Gasteiger charge is 2.50. The Bertz CT molecular complexity index is 1790. The molecule has 0 saturated heterocycles. The Hall–Kier alpha value is -3.29. The Balaban J connectivity index is 1.67. The van der Waals surface area contributed by atoms with Crippen LogP contribution in [0.15, 0.2) is 182 Å². The predicted octanol–water partition coefficient (Wildman–Crippen LogP) is 6.21. The number of benzene rings is 6. The predicted molar refractivity (Wildman–Crippen MR) is 232 cm³/mol. The van der Waals surface area contributed by atoms with E-state index in [2.05, 4.69) is 72.8 Å². The molecule has 0 heterocycles. The van der Waals surface area contributed by atoms with Crippen molar-refractivity contribution in [1.82, 2.24) is 0 Å². The lowest BCUT2D eigenvalue weighted by Gasteiger charge is -2.52. The molecule has 0 bridgehead atoms. The standard InChI is InChI=1S/C42H41B3O3P3S/c1-52(46,47)48-32-42(33-49(43,36-20-8-2-9-21-36)37-22-10-3-11-23-37,34-50(44,38-24-12-4-13-25-38)39-26-14-5-15-27-39)35-51(45,40-28-16-6-17-29-40)41-30-18-7-19-31-41/h2-31H,32-35H2,1H3. The van der Waals surface area contributed by atoms with Crippen LogP contribution in [0.5, 0.6) is 0 Å². The molecule has 0 aliphatic rings. The molecule has 0 amide bonds. The first-order chi connectivity index (χ1) is 25.0. The summed E-state index contributed by atoms with van der Waals surface area (Å²) in [6, 6.07) is 61.1. The Labute approximate surface area is 315 Å². The van der Waals surface area contributed by atoms with Gasteiger partial charge in [-0.1, -0.05) is 109 Å². The van der Waals surface area contributed by atoms with Crippen molar-refractivity contribution < 1.29 is 12.6 Å². The first kappa shape index (κ1) is 38.4. The van der Waals surface area contributed by atoms with Gasteiger partial charge in [0.15, 0.2) is 0 Å². The normalized spacial score (nSPS) is 12.8. The Kier molecular flexibility index (Phi) is 12.1. The summed E-state index contributed by atoms with van der Waals surface area (Å²) in [6.07, 6.45) is 2.32. The van der Waals surface area contributed by atoms with E-state index in [4.69, 9.17) is 26.9 Å². The van der Waals surface area contributed by atoms with Gasteiger partial charge in [-0.15, -0.1) is 0 Å². The van der Waals surface area contributed by atoms with E-state index in [0.717, 1.165) is 38.1 Å². The van der Waals surface area contributed by atoms with E-state index in [-0.39, 0.29) is 6.61 Å². The van der Waals surface area contributed by atoms with Gasteiger partial charge in [0.2, 0.25) is 0 Å². The Morgan fingerprint density at radius 1 is 0.423 bits per heavy atom. The van der Waals surface area contributed by atoms with Gasteiger partial charge in [-0.3, -0.25) is 26.9 Å². The Morgan fingerprint density at radius 3 is 0.788 bits per heavy atom. The minimum absolute atomic E-state index is 0.137. The third-order valence-corrected chi connectivity index (χ3v) is 21.0. The first-order valence-electron chi connectivity index (χ1n) is 17.1. The highest BCUT2D eigenvalue weighted by molar-refractivity contribution is 8.10. The lowest BCUT2D eigenvalue weighted by Crippen LogP contribution is -2.48. The van der Waals surface area contributed by atoms with Crippen molar-refractivity contribution in [1.29, 1.82) is 0 Å². The molecule has 0 N–H and O–H groups in total. The van der Waals surface area contributed by atoms with E-state index < -0.39 is 37.0 Å².